The molecule has 98 valence electrons. The Labute approximate surface area is 107 Å². The van der Waals surface area contributed by atoms with Gasteiger partial charge in [-0.25, -0.2) is 0 Å². The maximum Gasteiger partial charge on any atom is 0.0253 e. The second-order valence-corrected chi connectivity index (χ2v) is 6.07. The standard InChI is InChI=1S/C16H29N/c17-16(15-10-6-1-2-7-11-15)13-12-14-8-4-3-5-9-14/h10,14,16H,1-9,11-13,17H2. The van der Waals surface area contributed by atoms with Crippen LogP contribution in [0.2, 0.25) is 0 Å². The summed E-state index contributed by atoms with van der Waals surface area (Å²) in [6.07, 6.45) is 19.0. The summed E-state index contributed by atoms with van der Waals surface area (Å²) < 4.78 is 0. The van der Waals surface area contributed by atoms with Crippen LogP contribution in [0, 0.1) is 5.92 Å². The number of rotatable bonds is 4. The first-order chi connectivity index (χ1) is 8.36. The van der Waals surface area contributed by atoms with E-state index in [1.807, 2.05) is 0 Å². The molecular formula is C16H29N. The molecule has 17 heavy (non-hydrogen) atoms. The monoisotopic (exact) mass is 235 g/mol. The van der Waals surface area contributed by atoms with Crippen molar-refractivity contribution in [2.75, 3.05) is 0 Å². The van der Waals surface area contributed by atoms with Gasteiger partial charge < -0.3 is 5.73 Å². The molecule has 1 nitrogen and oxygen atoms in total. The van der Waals surface area contributed by atoms with Crippen molar-refractivity contribution in [3.63, 3.8) is 0 Å². The molecule has 0 aromatic rings. The fourth-order valence-electron chi connectivity index (χ4n) is 3.45. The van der Waals surface area contributed by atoms with Gasteiger partial charge in [0.2, 0.25) is 0 Å². The van der Waals surface area contributed by atoms with E-state index in [-0.39, 0.29) is 0 Å². The van der Waals surface area contributed by atoms with Crippen molar-refractivity contribution in [3.8, 4) is 0 Å². The minimum Gasteiger partial charge on any atom is -0.324 e. The Morgan fingerprint density at radius 2 is 1.82 bits per heavy atom. The van der Waals surface area contributed by atoms with E-state index >= 15 is 0 Å². The quantitative estimate of drug-likeness (QED) is 0.710. The van der Waals surface area contributed by atoms with Gasteiger partial charge in [-0.15, -0.1) is 0 Å². The Hall–Kier alpha value is -0.300. The van der Waals surface area contributed by atoms with Gasteiger partial charge in [0, 0.05) is 6.04 Å². The molecule has 0 saturated heterocycles. The summed E-state index contributed by atoms with van der Waals surface area (Å²) in [4.78, 5) is 0. The minimum atomic E-state index is 0.370. The molecule has 1 unspecified atom stereocenters. The van der Waals surface area contributed by atoms with Crippen LogP contribution in [0.5, 0.6) is 0 Å². The number of nitrogens with two attached hydrogens (primary N) is 1. The summed E-state index contributed by atoms with van der Waals surface area (Å²) in [6.45, 7) is 0. The lowest BCUT2D eigenvalue weighted by atomic mass is 9.84. The smallest absolute Gasteiger partial charge is 0.0253 e. The molecule has 1 fully saturated rings. The molecule has 0 spiro atoms. The van der Waals surface area contributed by atoms with Gasteiger partial charge in [0.25, 0.3) is 0 Å². The molecule has 2 aliphatic rings. The van der Waals surface area contributed by atoms with Gasteiger partial charge in [0.05, 0.1) is 0 Å². The third kappa shape index (κ3) is 4.46. The van der Waals surface area contributed by atoms with E-state index in [2.05, 4.69) is 6.08 Å². The van der Waals surface area contributed by atoms with Gasteiger partial charge in [0.1, 0.15) is 0 Å². The van der Waals surface area contributed by atoms with Crippen molar-refractivity contribution in [2.45, 2.75) is 83.1 Å². The molecule has 2 aliphatic carbocycles. The van der Waals surface area contributed by atoms with Crippen LogP contribution in [0.3, 0.4) is 0 Å². The molecule has 0 aromatic heterocycles. The molecule has 2 rings (SSSR count). The molecule has 1 heteroatoms. The molecule has 1 atom stereocenters. The molecule has 1 saturated carbocycles. The first kappa shape index (κ1) is 13.1. The van der Waals surface area contributed by atoms with Crippen LogP contribution in [0.1, 0.15) is 77.0 Å². The first-order valence-corrected chi connectivity index (χ1v) is 7.81. The second kappa shape index (κ2) is 7.20. The normalized spacial score (nSPS) is 25.1. The van der Waals surface area contributed by atoms with E-state index in [0.29, 0.717) is 6.04 Å². The molecule has 0 heterocycles. The maximum absolute atomic E-state index is 6.37. The van der Waals surface area contributed by atoms with Crippen molar-refractivity contribution in [1.29, 1.82) is 0 Å². The Morgan fingerprint density at radius 3 is 2.65 bits per heavy atom. The Kier molecular flexibility index (Phi) is 5.57. The fourth-order valence-corrected chi connectivity index (χ4v) is 3.45. The van der Waals surface area contributed by atoms with Gasteiger partial charge in [-0.3, -0.25) is 0 Å². The second-order valence-electron chi connectivity index (χ2n) is 6.07. The number of allylic oxidation sites excluding steroid dienone is 1. The van der Waals surface area contributed by atoms with Crippen molar-refractivity contribution >= 4 is 0 Å². The number of hydrogen-bond donors (Lipinski definition) is 1. The molecule has 0 amide bonds. The van der Waals surface area contributed by atoms with Crippen LogP contribution in [0.4, 0.5) is 0 Å². The van der Waals surface area contributed by atoms with Crippen LogP contribution in [0.25, 0.3) is 0 Å². The highest BCUT2D eigenvalue weighted by Crippen LogP contribution is 2.29. The fraction of sp³-hybridized carbons (Fsp3) is 0.875. The molecule has 0 aromatic carbocycles. The van der Waals surface area contributed by atoms with Crippen molar-refractivity contribution in [1.82, 2.24) is 0 Å². The number of hydrogen-bond acceptors (Lipinski definition) is 1. The zero-order valence-corrected chi connectivity index (χ0v) is 11.3. The Morgan fingerprint density at radius 1 is 1.06 bits per heavy atom. The molecule has 0 bridgehead atoms. The maximum atomic E-state index is 6.37. The van der Waals surface area contributed by atoms with Gasteiger partial charge >= 0.3 is 0 Å². The summed E-state index contributed by atoms with van der Waals surface area (Å²) in [5, 5.41) is 0. The Bertz CT molecular complexity index is 238. The van der Waals surface area contributed by atoms with Crippen molar-refractivity contribution in [3.05, 3.63) is 11.6 Å². The van der Waals surface area contributed by atoms with Crippen LogP contribution in [-0.4, -0.2) is 6.04 Å². The third-order valence-corrected chi connectivity index (χ3v) is 4.66. The highest BCUT2D eigenvalue weighted by Gasteiger charge is 2.16. The predicted molar refractivity (Wildman–Crippen MR) is 75.0 cm³/mol. The summed E-state index contributed by atoms with van der Waals surface area (Å²) in [6, 6.07) is 0.370. The van der Waals surface area contributed by atoms with Crippen LogP contribution in [0.15, 0.2) is 11.6 Å². The average molecular weight is 235 g/mol. The van der Waals surface area contributed by atoms with Crippen molar-refractivity contribution in [2.24, 2.45) is 11.7 Å². The first-order valence-electron chi connectivity index (χ1n) is 7.81. The summed E-state index contributed by atoms with van der Waals surface area (Å²) in [5.74, 6) is 0.987. The van der Waals surface area contributed by atoms with Crippen molar-refractivity contribution < 1.29 is 0 Å². The lowest BCUT2D eigenvalue weighted by Gasteiger charge is -2.23. The third-order valence-electron chi connectivity index (χ3n) is 4.66. The summed E-state index contributed by atoms with van der Waals surface area (Å²) in [7, 11) is 0. The molecular weight excluding hydrogens is 206 g/mol. The molecule has 0 aliphatic heterocycles. The molecule has 0 radical (unpaired) electrons. The highest BCUT2D eigenvalue weighted by atomic mass is 14.6. The molecule has 2 N–H and O–H groups in total. The van der Waals surface area contributed by atoms with Crippen LogP contribution >= 0.6 is 0 Å². The minimum absolute atomic E-state index is 0.370. The zero-order valence-electron chi connectivity index (χ0n) is 11.3. The van der Waals surface area contributed by atoms with Crippen LogP contribution < -0.4 is 5.73 Å². The van der Waals surface area contributed by atoms with E-state index < -0.39 is 0 Å². The average Bonchev–Trinajstić information content (AvgIpc) is 2.66. The Balaban J connectivity index is 1.71. The lowest BCUT2D eigenvalue weighted by Crippen LogP contribution is -2.24. The van der Waals surface area contributed by atoms with Gasteiger partial charge in [-0.2, -0.15) is 0 Å². The lowest BCUT2D eigenvalue weighted by molar-refractivity contribution is 0.326. The SMILES string of the molecule is NC(CCC1CCCCC1)C1=CCCCCC1. The predicted octanol–water partition coefficient (Wildman–Crippen LogP) is 4.56. The van der Waals surface area contributed by atoms with E-state index in [1.165, 1.54) is 77.0 Å². The van der Waals surface area contributed by atoms with E-state index in [9.17, 15) is 0 Å². The largest absolute Gasteiger partial charge is 0.324 e. The van der Waals surface area contributed by atoms with E-state index in [0.717, 1.165) is 5.92 Å². The summed E-state index contributed by atoms with van der Waals surface area (Å²) in [5.41, 5.74) is 7.93. The van der Waals surface area contributed by atoms with Gasteiger partial charge in [0.15, 0.2) is 0 Å². The zero-order chi connectivity index (χ0) is 11.9. The summed E-state index contributed by atoms with van der Waals surface area (Å²) >= 11 is 0. The van der Waals surface area contributed by atoms with Crippen LogP contribution in [-0.2, 0) is 0 Å². The van der Waals surface area contributed by atoms with Gasteiger partial charge in [-0.1, -0.05) is 50.2 Å². The topological polar surface area (TPSA) is 26.0 Å². The van der Waals surface area contributed by atoms with E-state index in [1.54, 1.807) is 5.57 Å². The van der Waals surface area contributed by atoms with E-state index in [4.69, 9.17) is 5.73 Å². The van der Waals surface area contributed by atoms with Gasteiger partial charge in [-0.05, 0) is 44.4 Å². The highest BCUT2D eigenvalue weighted by molar-refractivity contribution is 5.11.